The lowest BCUT2D eigenvalue weighted by molar-refractivity contribution is -0.121. The first-order chi connectivity index (χ1) is 4.33. The number of nitrogens with zero attached hydrogens (tertiary/aromatic N) is 1. The number of rotatable bonds is 1. The van der Waals surface area contributed by atoms with Crippen molar-refractivity contribution in [2.45, 2.75) is 0 Å². The van der Waals surface area contributed by atoms with E-state index in [1.54, 1.807) is 4.41 Å². The van der Waals surface area contributed by atoms with Crippen LogP contribution in [-0.2, 0) is 4.79 Å². The van der Waals surface area contributed by atoms with Crippen molar-refractivity contribution in [3.05, 3.63) is 0 Å². The van der Waals surface area contributed by atoms with E-state index in [0.717, 1.165) is 0 Å². The summed E-state index contributed by atoms with van der Waals surface area (Å²) in [5.41, 5.74) is 5.57. The Bertz CT molecular complexity index is 118. The number of hydrazine groups is 2. The zero-order valence-electron chi connectivity index (χ0n) is 5.18. The van der Waals surface area contributed by atoms with E-state index in [4.69, 9.17) is 0 Å². The standard InChI is InChI=1S/C4H9N3OS/c1-9-7-3-4(8)2-5-6-7/h5-6H,2-3H2,1H3. The maximum Gasteiger partial charge on any atom is 0.164 e. The van der Waals surface area contributed by atoms with Crippen LogP contribution < -0.4 is 11.0 Å². The molecule has 0 spiro atoms. The molecule has 1 heterocycles. The monoisotopic (exact) mass is 147 g/mol. The molecule has 0 aromatic heterocycles. The lowest BCUT2D eigenvalue weighted by Crippen LogP contribution is -2.53. The first kappa shape index (κ1) is 7.01. The molecule has 1 aliphatic heterocycles. The first-order valence-corrected chi connectivity index (χ1v) is 3.83. The van der Waals surface area contributed by atoms with Gasteiger partial charge in [-0.25, -0.2) is 5.43 Å². The highest BCUT2D eigenvalue weighted by molar-refractivity contribution is 7.96. The van der Waals surface area contributed by atoms with E-state index in [9.17, 15) is 4.79 Å². The van der Waals surface area contributed by atoms with Crippen LogP contribution in [0.1, 0.15) is 0 Å². The van der Waals surface area contributed by atoms with Gasteiger partial charge in [0.2, 0.25) is 0 Å². The summed E-state index contributed by atoms with van der Waals surface area (Å²) in [5.74, 6) is 0.211. The molecule has 0 atom stereocenters. The zero-order valence-corrected chi connectivity index (χ0v) is 5.99. The van der Waals surface area contributed by atoms with Crippen LogP contribution in [0.15, 0.2) is 0 Å². The van der Waals surface area contributed by atoms with Gasteiger partial charge < -0.3 is 0 Å². The van der Waals surface area contributed by atoms with Crippen LogP contribution in [-0.4, -0.2) is 29.5 Å². The highest BCUT2D eigenvalue weighted by Gasteiger charge is 2.13. The summed E-state index contributed by atoms with van der Waals surface area (Å²) in [6.07, 6.45) is 1.91. The van der Waals surface area contributed by atoms with Crippen LogP contribution in [0.5, 0.6) is 0 Å². The number of nitrogens with one attached hydrogen (secondary N) is 2. The molecule has 0 amide bonds. The number of carbonyl (C=O) groups is 1. The largest absolute Gasteiger partial charge is 0.297 e. The van der Waals surface area contributed by atoms with Gasteiger partial charge in [-0.3, -0.25) is 4.79 Å². The van der Waals surface area contributed by atoms with E-state index in [-0.39, 0.29) is 5.78 Å². The summed E-state index contributed by atoms with van der Waals surface area (Å²) >= 11 is 1.49. The van der Waals surface area contributed by atoms with Gasteiger partial charge in [-0.2, -0.15) is 9.95 Å². The molecule has 4 nitrogen and oxygen atoms in total. The Morgan fingerprint density at radius 2 is 2.56 bits per heavy atom. The van der Waals surface area contributed by atoms with Gasteiger partial charge in [0.25, 0.3) is 0 Å². The average Bonchev–Trinajstić information content (AvgIpc) is 1.88. The van der Waals surface area contributed by atoms with Crippen molar-refractivity contribution >= 4 is 17.7 Å². The summed E-state index contributed by atoms with van der Waals surface area (Å²) < 4.78 is 1.74. The first-order valence-electron chi connectivity index (χ1n) is 2.65. The highest BCUT2D eigenvalue weighted by Crippen LogP contribution is 2.00. The van der Waals surface area contributed by atoms with Gasteiger partial charge in [-0.15, -0.1) is 0 Å². The van der Waals surface area contributed by atoms with E-state index in [2.05, 4.69) is 11.0 Å². The maximum atomic E-state index is 10.7. The fraction of sp³-hybridized carbons (Fsp3) is 0.750. The normalized spacial score (nSPS) is 22.6. The number of carbonyl (C=O) groups excluding carboxylic acids is 1. The minimum Gasteiger partial charge on any atom is -0.297 e. The molecule has 1 fully saturated rings. The van der Waals surface area contributed by atoms with Gasteiger partial charge in [-0.1, -0.05) is 11.9 Å². The molecule has 0 radical (unpaired) electrons. The van der Waals surface area contributed by atoms with Gasteiger partial charge in [0, 0.05) is 0 Å². The Morgan fingerprint density at radius 3 is 3.00 bits per heavy atom. The second-order valence-electron chi connectivity index (χ2n) is 1.72. The number of Topliss-reactive ketones (excluding diaryl/α,β-unsaturated/α-hetero) is 1. The van der Waals surface area contributed by atoms with Crippen molar-refractivity contribution in [1.29, 1.82) is 0 Å². The second kappa shape index (κ2) is 3.17. The molecule has 0 bridgehead atoms. The molecule has 0 aromatic rings. The molecule has 9 heavy (non-hydrogen) atoms. The van der Waals surface area contributed by atoms with Crippen molar-refractivity contribution in [2.75, 3.05) is 19.3 Å². The van der Waals surface area contributed by atoms with E-state index in [1.165, 1.54) is 11.9 Å². The molecular formula is C4H9N3OS. The van der Waals surface area contributed by atoms with Crippen molar-refractivity contribution in [3.8, 4) is 0 Å². The molecule has 1 saturated heterocycles. The molecule has 0 saturated carbocycles. The SMILES string of the molecule is CSN1CC(=O)CNN1. The van der Waals surface area contributed by atoms with E-state index >= 15 is 0 Å². The molecular weight excluding hydrogens is 138 g/mol. The fourth-order valence-electron chi connectivity index (χ4n) is 0.592. The molecule has 0 aliphatic carbocycles. The topological polar surface area (TPSA) is 44.4 Å². The third-order valence-corrected chi connectivity index (χ3v) is 1.69. The predicted octanol–water partition coefficient (Wildman–Crippen LogP) is -0.842. The van der Waals surface area contributed by atoms with Crippen LogP contribution in [0.2, 0.25) is 0 Å². The molecule has 5 heteroatoms. The minimum atomic E-state index is 0.211. The van der Waals surface area contributed by atoms with Gasteiger partial charge in [0.15, 0.2) is 5.78 Å². The Hall–Kier alpha value is -0.100. The van der Waals surface area contributed by atoms with Crippen LogP contribution >= 0.6 is 11.9 Å². The van der Waals surface area contributed by atoms with Gasteiger partial charge in [0.05, 0.1) is 13.1 Å². The molecule has 1 aliphatic rings. The Kier molecular flexibility index (Phi) is 2.47. The number of hydrogen-bond donors (Lipinski definition) is 2. The van der Waals surface area contributed by atoms with Crippen molar-refractivity contribution in [1.82, 2.24) is 15.4 Å². The summed E-state index contributed by atoms with van der Waals surface area (Å²) in [5, 5.41) is 0. The quantitative estimate of drug-likeness (QED) is 0.473. The molecule has 2 N–H and O–H groups in total. The van der Waals surface area contributed by atoms with Crippen LogP contribution in [0.25, 0.3) is 0 Å². The summed E-state index contributed by atoms with van der Waals surface area (Å²) in [4.78, 5) is 10.7. The van der Waals surface area contributed by atoms with Crippen LogP contribution in [0, 0.1) is 0 Å². The Labute approximate surface area is 58.0 Å². The Balaban J connectivity index is 2.32. The van der Waals surface area contributed by atoms with E-state index in [1.807, 2.05) is 6.26 Å². The van der Waals surface area contributed by atoms with Crippen LogP contribution in [0.4, 0.5) is 0 Å². The summed E-state index contributed by atoms with van der Waals surface area (Å²) in [7, 11) is 0. The highest BCUT2D eigenvalue weighted by atomic mass is 32.2. The molecule has 0 unspecified atom stereocenters. The smallest absolute Gasteiger partial charge is 0.164 e. The van der Waals surface area contributed by atoms with Crippen molar-refractivity contribution in [3.63, 3.8) is 0 Å². The maximum absolute atomic E-state index is 10.7. The van der Waals surface area contributed by atoms with Gasteiger partial charge >= 0.3 is 0 Å². The molecule has 1 rings (SSSR count). The molecule has 0 aromatic carbocycles. The summed E-state index contributed by atoms with van der Waals surface area (Å²) in [6.45, 7) is 0.908. The van der Waals surface area contributed by atoms with Crippen molar-refractivity contribution < 1.29 is 4.79 Å². The van der Waals surface area contributed by atoms with Gasteiger partial charge in [0.1, 0.15) is 0 Å². The molecule has 52 valence electrons. The predicted molar refractivity (Wildman–Crippen MR) is 36.4 cm³/mol. The summed E-state index contributed by atoms with van der Waals surface area (Å²) in [6, 6.07) is 0. The average molecular weight is 147 g/mol. The number of ketones is 1. The van der Waals surface area contributed by atoms with Gasteiger partial charge in [-0.05, 0) is 6.26 Å². The Morgan fingerprint density at radius 1 is 1.78 bits per heavy atom. The van der Waals surface area contributed by atoms with E-state index in [0.29, 0.717) is 13.1 Å². The fourth-order valence-corrected chi connectivity index (χ4v) is 1.02. The van der Waals surface area contributed by atoms with Crippen LogP contribution in [0.3, 0.4) is 0 Å². The number of hydrogen-bond acceptors (Lipinski definition) is 5. The van der Waals surface area contributed by atoms with Crippen molar-refractivity contribution in [2.24, 2.45) is 0 Å². The zero-order chi connectivity index (χ0) is 6.69. The minimum absolute atomic E-state index is 0.211. The third kappa shape index (κ3) is 1.94. The second-order valence-corrected chi connectivity index (χ2v) is 2.53. The third-order valence-electron chi connectivity index (χ3n) is 1.03. The lowest BCUT2D eigenvalue weighted by Gasteiger charge is -2.24. The van der Waals surface area contributed by atoms with E-state index < -0.39 is 0 Å². The lowest BCUT2D eigenvalue weighted by atomic mass is 10.4.